The first-order valence-electron chi connectivity index (χ1n) is 6.97. The van der Waals surface area contributed by atoms with E-state index in [1.807, 2.05) is 6.20 Å². The number of benzene rings is 1. The smallest absolute Gasteiger partial charge is 0.0809 e. The van der Waals surface area contributed by atoms with E-state index in [1.165, 1.54) is 15.8 Å². The Morgan fingerprint density at radius 1 is 1.20 bits per heavy atom. The third-order valence-corrected chi connectivity index (χ3v) is 4.31. The molecule has 1 atom stereocenters. The van der Waals surface area contributed by atoms with Crippen LogP contribution in [0.5, 0.6) is 0 Å². The molecule has 2 heterocycles. The highest BCUT2D eigenvalue weighted by atomic mass is 32.1. The van der Waals surface area contributed by atoms with Gasteiger partial charge in [-0.25, -0.2) is 0 Å². The van der Waals surface area contributed by atoms with Crippen LogP contribution in [0.25, 0.3) is 10.2 Å². The van der Waals surface area contributed by atoms with Crippen molar-refractivity contribution in [1.82, 2.24) is 10.3 Å². The fraction of sp³-hybridized carbons (Fsp3) is 0.235. The Bertz CT molecular complexity index is 676. The highest BCUT2D eigenvalue weighted by Gasteiger charge is 2.12. The molecule has 0 saturated heterocycles. The summed E-state index contributed by atoms with van der Waals surface area (Å²) in [6, 6.07) is 15.3. The van der Waals surface area contributed by atoms with Crippen molar-refractivity contribution in [2.45, 2.75) is 19.4 Å². The van der Waals surface area contributed by atoms with Crippen molar-refractivity contribution in [2.75, 3.05) is 6.54 Å². The second-order valence-electron chi connectivity index (χ2n) is 4.87. The van der Waals surface area contributed by atoms with Crippen molar-refractivity contribution in [1.29, 1.82) is 0 Å². The molecule has 0 saturated carbocycles. The fourth-order valence-electron chi connectivity index (χ4n) is 2.46. The average molecular weight is 282 g/mol. The maximum Gasteiger partial charge on any atom is 0.0809 e. The van der Waals surface area contributed by atoms with E-state index >= 15 is 0 Å². The number of likely N-dealkylation sites (N-methyl/N-ethyl adjacent to an activating group) is 1. The number of nitrogens with one attached hydrogen (secondary N) is 1. The van der Waals surface area contributed by atoms with Crippen molar-refractivity contribution < 1.29 is 0 Å². The number of thiophene rings is 1. The minimum absolute atomic E-state index is 0.321. The molecule has 3 rings (SSSR count). The molecule has 1 aromatic carbocycles. The molecule has 0 spiro atoms. The van der Waals surface area contributed by atoms with Gasteiger partial charge in [0.1, 0.15) is 0 Å². The molecule has 2 nitrogen and oxygen atoms in total. The number of hydrogen-bond acceptors (Lipinski definition) is 3. The van der Waals surface area contributed by atoms with Crippen molar-refractivity contribution in [3.05, 3.63) is 65.2 Å². The van der Waals surface area contributed by atoms with E-state index in [0.29, 0.717) is 6.04 Å². The molecule has 0 aliphatic heterocycles. The fourth-order valence-corrected chi connectivity index (χ4v) is 3.25. The van der Waals surface area contributed by atoms with E-state index in [1.54, 1.807) is 11.3 Å². The first kappa shape index (κ1) is 13.3. The molecule has 20 heavy (non-hydrogen) atoms. The summed E-state index contributed by atoms with van der Waals surface area (Å²) < 4.78 is 1.26. The van der Waals surface area contributed by atoms with E-state index in [0.717, 1.165) is 18.5 Å². The molecule has 102 valence electrons. The van der Waals surface area contributed by atoms with Gasteiger partial charge in [0.05, 0.1) is 10.2 Å². The van der Waals surface area contributed by atoms with Crippen LogP contribution in [0.4, 0.5) is 0 Å². The zero-order valence-electron chi connectivity index (χ0n) is 11.5. The quantitative estimate of drug-likeness (QED) is 0.759. The molecule has 0 aliphatic carbocycles. The highest BCUT2D eigenvalue weighted by Crippen LogP contribution is 2.24. The molecule has 0 radical (unpaired) electrons. The second-order valence-corrected chi connectivity index (χ2v) is 5.82. The van der Waals surface area contributed by atoms with Crippen LogP contribution in [0.1, 0.15) is 24.1 Å². The lowest BCUT2D eigenvalue weighted by molar-refractivity contribution is 0.549. The Morgan fingerprint density at radius 3 is 2.85 bits per heavy atom. The van der Waals surface area contributed by atoms with E-state index in [4.69, 9.17) is 0 Å². The molecular weight excluding hydrogens is 264 g/mol. The van der Waals surface area contributed by atoms with Gasteiger partial charge >= 0.3 is 0 Å². The standard InChI is InChI=1S/C17H18N2S/c1-2-18-16(10-13-6-4-3-5-7-13)14-11-17-15(19-12-14)8-9-20-17/h3-9,11-12,16,18H,2,10H2,1H3. The molecule has 0 bridgehead atoms. The van der Waals surface area contributed by atoms with Crippen molar-refractivity contribution in [2.24, 2.45) is 0 Å². The summed E-state index contributed by atoms with van der Waals surface area (Å²) in [5, 5.41) is 5.67. The monoisotopic (exact) mass is 282 g/mol. The van der Waals surface area contributed by atoms with Crippen LogP contribution in [0.15, 0.2) is 54.0 Å². The zero-order chi connectivity index (χ0) is 13.8. The maximum absolute atomic E-state index is 4.56. The van der Waals surface area contributed by atoms with E-state index < -0.39 is 0 Å². The average Bonchev–Trinajstić information content (AvgIpc) is 2.95. The van der Waals surface area contributed by atoms with Gasteiger partial charge in [-0.15, -0.1) is 11.3 Å². The Balaban J connectivity index is 1.89. The van der Waals surface area contributed by atoms with Gasteiger partial charge in [0.25, 0.3) is 0 Å². The maximum atomic E-state index is 4.56. The Kier molecular flexibility index (Phi) is 4.09. The Hall–Kier alpha value is -1.71. The molecule has 2 aromatic heterocycles. The lowest BCUT2D eigenvalue weighted by Gasteiger charge is -2.18. The molecule has 1 unspecified atom stereocenters. The first-order valence-corrected chi connectivity index (χ1v) is 7.85. The van der Waals surface area contributed by atoms with Crippen LogP contribution in [0.3, 0.4) is 0 Å². The number of rotatable bonds is 5. The van der Waals surface area contributed by atoms with Gasteiger partial charge in [0, 0.05) is 12.2 Å². The van der Waals surface area contributed by atoms with Crippen LogP contribution in [-0.4, -0.2) is 11.5 Å². The molecular formula is C17H18N2S. The number of nitrogens with zero attached hydrogens (tertiary/aromatic N) is 1. The number of pyridine rings is 1. The molecule has 0 aliphatic rings. The van der Waals surface area contributed by atoms with Crippen LogP contribution in [0, 0.1) is 0 Å². The van der Waals surface area contributed by atoms with Gasteiger partial charge < -0.3 is 5.32 Å². The largest absolute Gasteiger partial charge is 0.310 e. The SMILES string of the molecule is CCNC(Cc1ccccc1)c1cnc2ccsc2c1. The summed E-state index contributed by atoms with van der Waals surface area (Å²) in [6.45, 7) is 3.11. The van der Waals surface area contributed by atoms with E-state index in [2.05, 4.69) is 65.1 Å². The zero-order valence-corrected chi connectivity index (χ0v) is 12.4. The third kappa shape index (κ3) is 2.89. The van der Waals surface area contributed by atoms with Crippen LogP contribution >= 0.6 is 11.3 Å². The van der Waals surface area contributed by atoms with Gasteiger partial charge in [0.15, 0.2) is 0 Å². The lowest BCUT2D eigenvalue weighted by Crippen LogP contribution is -2.23. The number of hydrogen-bond donors (Lipinski definition) is 1. The summed E-state index contributed by atoms with van der Waals surface area (Å²) in [4.78, 5) is 4.56. The predicted octanol–water partition coefficient (Wildman–Crippen LogP) is 4.19. The molecule has 0 amide bonds. The molecule has 3 aromatic rings. The summed E-state index contributed by atoms with van der Waals surface area (Å²) in [5.41, 5.74) is 3.71. The van der Waals surface area contributed by atoms with Crippen LogP contribution < -0.4 is 5.32 Å². The summed E-state index contributed by atoms with van der Waals surface area (Å²) in [6.07, 6.45) is 3.00. The summed E-state index contributed by atoms with van der Waals surface area (Å²) in [5.74, 6) is 0. The Morgan fingerprint density at radius 2 is 2.05 bits per heavy atom. The second kappa shape index (κ2) is 6.16. The van der Waals surface area contributed by atoms with Gasteiger partial charge in [-0.05, 0) is 41.6 Å². The predicted molar refractivity (Wildman–Crippen MR) is 86.2 cm³/mol. The molecule has 1 N–H and O–H groups in total. The minimum Gasteiger partial charge on any atom is -0.310 e. The van der Waals surface area contributed by atoms with Crippen LogP contribution in [0.2, 0.25) is 0 Å². The number of aromatic nitrogens is 1. The number of fused-ring (bicyclic) bond motifs is 1. The minimum atomic E-state index is 0.321. The molecule has 3 heteroatoms. The normalized spacial score (nSPS) is 12.7. The Labute approximate surface area is 123 Å². The molecule has 0 fully saturated rings. The third-order valence-electron chi connectivity index (χ3n) is 3.46. The lowest BCUT2D eigenvalue weighted by atomic mass is 10.00. The van der Waals surface area contributed by atoms with Gasteiger partial charge in [-0.3, -0.25) is 4.98 Å². The summed E-state index contributed by atoms with van der Waals surface area (Å²) >= 11 is 1.75. The van der Waals surface area contributed by atoms with E-state index in [9.17, 15) is 0 Å². The van der Waals surface area contributed by atoms with Crippen molar-refractivity contribution in [3.63, 3.8) is 0 Å². The van der Waals surface area contributed by atoms with Crippen molar-refractivity contribution in [3.8, 4) is 0 Å². The van der Waals surface area contributed by atoms with E-state index in [-0.39, 0.29) is 0 Å². The van der Waals surface area contributed by atoms with Crippen molar-refractivity contribution >= 4 is 21.6 Å². The summed E-state index contributed by atoms with van der Waals surface area (Å²) in [7, 11) is 0. The topological polar surface area (TPSA) is 24.9 Å². The highest BCUT2D eigenvalue weighted by molar-refractivity contribution is 7.17. The van der Waals surface area contributed by atoms with Gasteiger partial charge in [-0.1, -0.05) is 37.3 Å². The van der Waals surface area contributed by atoms with Crippen LogP contribution in [-0.2, 0) is 6.42 Å². The van der Waals surface area contributed by atoms with Gasteiger partial charge in [0.2, 0.25) is 0 Å². The van der Waals surface area contributed by atoms with Gasteiger partial charge in [-0.2, -0.15) is 0 Å². The first-order chi connectivity index (χ1) is 9.86.